The SMILES string of the molecule is Cc1cc(Nc2ncn(-c3cc(F)cc(F)c3)n2)cc(N2C3CCC2COC3)c1.[HH]. The molecule has 2 saturated heterocycles. The van der Waals surface area contributed by atoms with Crippen molar-refractivity contribution in [1.82, 2.24) is 14.8 Å². The van der Waals surface area contributed by atoms with E-state index in [2.05, 4.69) is 39.4 Å². The fourth-order valence-electron chi connectivity index (χ4n) is 4.28. The smallest absolute Gasteiger partial charge is 0.246 e. The van der Waals surface area contributed by atoms with Crippen molar-refractivity contribution in [2.24, 2.45) is 0 Å². The second-order valence-corrected chi connectivity index (χ2v) is 7.65. The van der Waals surface area contributed by atoms with Crippen LogP contribution < -0.4 is 10.2 Å². The lowest BCUT2D eigenvalue weighted by Crippen LogP contribution is -2.45. The van der Waals surface area contributed by atoms with Crippen LogP contribution in [-0.4, -0.2) is 40.1 Å². The third-order valence-electron chi connectivity index (χ3n) is 5.46. The van der Waals surface area contributed by atoms with Crippen molar-refractivity contribution in [3.63, 3.8) is 0 Å². The van der Waals surface area contributed by atoms with E-state index in [-0.39, 0.29) is 7.11 Å². The van der Waals surface area contributed by atoms with Gasteiger partial charge in [-0.15, -0.1) is 5.10 Å². The highest BCUT2D eigenvalue weighted by Gasteiger charge is 2.37. The minimum atomic E-state index is -0.659. The van der Waals surface area contributed by atoms with Gasteiger partial charge in [-0.2, -0.15) is 4.98 Å². The van der Waals surface area contributed by atoms with Crippen LogP contribution >= 0.6 is 0 Å². The maximum atomic E-state index is 13.5. The predicted molar refractivity (Wildman–Crippen MR) is 108 cm³/mol. The van der Waals surface area contributed by atoms with Crippen molar-refractivity contribution in [1.29, 1.82) is 0 Å². The highest BCUT2D eigenvalue weighted by molar-refractivity contribution is 5.65. The Morgan fingerprint density at radius 1 is 1.00 bits per heavy atom. The lowest BCUT2D eigenvalue weighted by atomic mass is 10.1. The van der Waals surface area contributed by atoms with Gasteiger partial charge in [-0.25, -0.2) is 13.5 Å². The number of benzene rings is 2. The number of fused-ring (bicyclic) bond motifs is 2. The van der Waals surface area contributed by atoms with Crippen molar-refractivity contribution in [2.75, 3.05) is 23.4 Å². The molecule has 2 aromatic carbocycles. The number of nitrogens with zero attached hydrogens (tertiary/aromatic N) is 4. The number of hydrogen-bond donors (Lipinski definition) is 1. The van der Waals surface area contributed by atoms with E-state index in [1.165, 1.54) is 23.1 Å². The minimum absolute atomic E-state index is 0. The van der Waals surface area contributed by atoms with E-state index in [0.29, 0.717) is 18.0 Å². The molecule has 152 valence electrons. The summed E-state index contributed by atoms with van der Waals surface area (Å²) in [4.78, 5) is 6.69. The van der Waals surface area contributed by atoms with Gasteiger partial charge >= 0.3 is 0 Å². The summed E-state index contributed by atoms with van der Waals surface area (Å²) >= 11 is 0. The van der Waals surface area contributed by atoms with Gasteiger partial charge in [0, 0.05) is 18.9 Å². The average Bonchev–Trinajstić information content (AvgIpc) is 3.22. The van der Waals surface area contributed by atoms with Crippen molar-refractivity contribution < 1.29 is 14.9 Å². The zero-order valence-electron chi connectivity index (χ0n) is 16.0. The lowest BCUT2D eigenvalue weighted by molar-refractivity contribution is 0.0906. The molecular formula is C21H23F2N5O. The second kappa shape index (κ2) is 7.11. The standard InChI is InChI=1S/C21H21F2N5O.H2/c1-13-4-16(9-20(5-13)28-17-2-3-18(28)11-29-10-17)25-21-24-12-27(26-21)19-7-14(22)6-15(23)8-19;/h4-9,12,17-18H,2-3,10-11H2,1H3,(H,25,26);1H. The summed E-state index contributed by atoms with van der Waals surface area (Å²) in [5.74, 6) is -0.960. The van der Waals surface area contributed by atoms with Crippen molar-refractivity contribution in [3.05, 3.63) is 59.9 Å². The minimum Gasteiger partial charge on any atom is -0.377 e. The van der Waals surface area contributed by atoms with Gasteiger partial charge in [0.2, 0.25) is 5.95 Å². The molecule has 0 amide bonds. The molecule has 8 heteroatoms. The van der Waals surface area contributed by atoms with Crippen LogP contribution in [0.5, 0.6) is 0 Å². The molecule has 1 N–H and O–H groups in total. The molecule has 0 spiro atoms. The lowest BCUT2D eigenvalue weighted by Gasteiger charge is -2.37. The normalized spacial score (nSPS) is 20.9. The maximum Gasteiger partial charge on any atom is 0.246 e. The molecular weight excluding hydrogens is 376 g/mol. The monoisotopic (exact) mass is 399 g/mol. The summed E-state index contributed by atoms with van der Waals surface area (Å²) in [5, 5.41) is 7.50. The summed E-state index contributed by atoms with van der Waals surface area (Å²) in [6.45, 7) is 3.59. The van der Waals surface area contributed by atoms with Crippen LogP contribution in [0, 0.1) is 18.6 Å². The van der Waals surface area contributed by atoms with Crippen LogP contribution in [0.15, 0.2) is 42.7 Å². The van der Waals surface area contributed by atoms with Gasteiger partial charge in [-0.1, -0.05) is 0 Å². The first-order valence-corrected chi connectivity index (χ1v) is 9.68. The Bertz CT molecular complexity index is 1020. The Balaban J connectivity index is 0.00000218. The third kappa shape index (κ3) is 3.55. The van der Waals surface area contributed by atoms with Crippen LogP contribution in [0.1, 0.15) is 19.8 Å². The summed E-state index contributed by atoms with van der Waals surface area (Å²) < 4.78 is 34.0. The van der Waals surface area contributed by atoms with Crippen molar-refractivity contribution >= 4 is 17.3 Å². The van der Waals surface area contributed by atoms with E-state index in [1.807, 2.05) is 6.07 Å². The molecule has 2 fully saturated rings. The Hall–Kier alpha value is -3.00. The van der Waals surface area contributed by atoms with Gasteiger partial charge in [0.15, 0.2) is 0 Å². The molecule has 5 rings (SSSR count). The molecule has 2 aliphatic rings. The molecule has 2 aliphatic heterocycles. The molecule has 2 unspecified atom stereocenters. The predicted octanol–water partition coefficient (Wildman–Crippen LogP) is 4.21. The number of aryl methyl sites for hydroxylation is 1. The third-order valence-corrected chi connectivity index (χ3v) is 5.46. The number of ether oxygens (including phenoxy) is 1. The first-order valence-electron chi connectivity index (χ1n) is 9.68. The zero-order valence-corrected chi connectivity index (χ0v) is 16.0. The number of nitrogens with one attached hydrogen (secondary N) is 1. The average molecular weight is 399 g/mol. The van der Waals surface area contributed by atoms with Crippen LogP contribution in [0.2, 0.25) is 0 Å². The van der Waals surface area contributed by atoms with E-state index in [0.717, 1.165) is 49.1 Å². The largest absolute Gasteiger partial charge is 0.377 e. The van der Waals surface area contributed by atoms with Gasteiger partial charge in [0.1, 0.15) is 18.0 Å². The number of anilines is 3. The van der Waals surface area contributed by atoms with Crippen LogP contribution in [0.4, 0.5) is 26.1 Å². The van der Waals surface area contributed by atoms with Gasteiger partial charge in [-0.05, 0) is 55.7 Å². The van der Waals surface area contributed by atoms with Crippen LogP contribution in [0.3, 0.4) is 0 Å². The van der Waals surface area contributed by atoms with E-state index in [4.69, 9.17) is 4.74 Å². The fourth-order valence-corrected chi connectivity index (χ4v) is 4.28. The number of aromatic nitrogens is 3. The number of morpholine rings is 1. The first-order chi connectivity index (χ1) is 14.0. The summed E-state index contributed by atoms with van der Waals surface area (Å²) in [6, 6.07) is 10.4. The van der Waals surface area contributed by atoms with Gasteiger partial charge in [0.25, 0.3) is 0 Å². The molecule has 2 atom stereocenters. The van der Waals surface area contributed by atoms with Gasteiger partial charge in [-0.3, -0.25) is 0 Å². The van der Waals surface area contributed by atoms with E-state index < -0.39 is 11.6 Å². The number of rotatable bonds is 4. The van der Waals surface area contributed by atoms with Gasteiger partial charge < -0.3 is 15.0 Å². The summed E-state index contributed by atoms with van der Waals surface area (Å²) in [7, 11) is 0. The highest BCUT2D eigenvalue weighted by atomic mass is 19.1. The van der Waals surface area contributed by atoms with Crippen molar-refractivity contribution in [2.45, 2.75) is 31.8 Å². The van der Waals surface area contributed by atoms with Crippen LogP contribution in [-0.2, 0) is 4.74 Å². The summed E-state index contributed by atoms with van der Waals surface area (Å²) in [5.41, 5.74) is 3.43. The summed E-state index contributed by atoms with van der Waals surface area (Å²) in [6.07, 6.45) is 3.73. The number of hydrogen-bond acceptors (Lipinski definition) is 5. The molecule has 6 nitrogen and oxygen atoms in total. The quantitative estimate of drug-likeness (QED) is 0.712. The molecule has 0 aliphatic carbocycles. The maximum absolute atomic E-state index is 13.5. The Morgan fingerprint density at radius 3 is 2.45 bits per heavy atom. The Morgan fingerprint density at radius 2 is 1.72 bits per heavy atom. The Labute approximate surface area is 168 Å². The molecule has 3 aromatic rings. The highest BCUT2D eigenvalue weighted by Crippen LogP contribution is 2.36. The molecule has 0 saturated carbocycles. The van der Waals surface area contributed by atoms with E-state index >= 15 is 0 Å². The van der Waals surface area contributed by atoms with E-state index in [1.54, 1.807) is 0 Å². The van der Waals surface area contributed by atoms with Crippen molar-refractivity contribution in [3.8, 4) is 5.69 Å². The zero-order chi connectivity index (χ0) is 20.0. The topological polar surface area (TPSA) is 55.2 Å². The van der Waals surface area contributed by atoms with Crippen LogP contribution in [0.25, 0.3) is 5.69 Å². The molecule has 3 heterocycles. The molecule has 1 aromatic heterocycles. The Kier molecular flexibility index (Phi) is 4.43. The molecule has 0 radical (unpaired) electrons. The molecule has 2 bridgehead atoms. The fraction of sp³-hybridized carbons (Fsp3) is 0.333. The van der Waals surface area contributed by atoms with E-state index in [9.17, 15) is 8.78 Å². The molecule has 29 heavy (non-hydrogen) atoms. The second-order valence-electron chi connectivity index (χ2n) is 7.65. The number of halogens is 2. The van der Waals surface area contributed by atoms with Gasteiger partial charge in [0.05, 0.1) is 31.0 Å². The first kappa shape index (κ1) is 18.1.